The standard InChI is InChI=1S/C17H14F4N4O2S/c1-2-11-22-15-14(23-13(28-15)8-17(19,20)21)16(27)25(11)24-12(26)7-9-3-5-10(18)6-4-9/h3-6H,2,7-8H2,1H3,(H,24,26). The summed E-state index contributed by atoms with van der Waals surface area (Å²) in [6.45, 7) is 1.69. The second-order valence-corrected chi connectivity index (χ2v) is 6.98. The Balaban J connectivity index is 1.91. The van der Waals surface area contributed by atoms with Gasteiger partial charge in [-0.15, -0.1) is 0 Å². The number of halogens is 4. The molecule has 0 aliphatic heterocycles. The Bertz CT molecular complexity index is 1070. The number of hydrogen-bond donors (Lipinski definition) is 1. The summed E-state index contributed by atoms with van der Waals surface area (Å²) < 4.78 is 51.6. The fraction of sp³-hybridized carbons (Fsp3) is 0.294. The first-order chi connectivity index (χ1) is 13.2. The minimum atomic E-state index is -4.45. The lowest BCUT2D eigenvalue weighted by Crippen LogP contribution is -2.37. The highest BCUT2D eigenvalue weighted by Crippen LogP contribution is 2.26. The van der Waals surface area contributed by atoms with E-state index in [1.165, 1.54) is 24.3 Å². The average Bonchev–Trinajstić information content (AvgIpc) is 3.00. The van der Waals surface area contributed by atoms with Crippen LogP contribution in [0.3, 0.4) is 0 Å². The smallest absolute Gasteiger partial charge is 0.273 e. The predicted octanol–water partition coefficient (Wildman–Crippen LogP) is 2.97. The molecule has 2 aromatic heterocycles. The number of thiazole rings is 1. The zero-order valence-corrected chi connectivity index (χ0v) is 15.3. The van der Waals surface area contributed by atoms with Crippen molar-refractivity contribution in [2.24, 2.45) is 0 Å². The molecule has 3 aromatic rings. The zero-order chi connectivity index (χ0) is 20.5. The number of carbonyl (C=O) groups excluding carboxylic acids is 1. The van der Waals surface area contributed by atoms with Crippen LogP contribution < -0.4 is 11.0 Å². The van der Waals surface area contributed by atoms with Gasteiger partial charge in [0.15, 0.2) is 10.3 Å². The summed E-state index contributed by atoms with van der Waals surface area (Å²) in [5.41, 5.74) is 1.94. The summed E-state index contributed by atoms with van der Waals surface area (Å²) in [4.78, 5) is 32.9. The van der Waals surface area contributed by atoms with Gasteiger partial charge in [-0.2, -0.15) is 13.2 Å². The van der Waals surface area contributed by atoms with E-state index in [1.807, 2.05) is 0 Å². The summed E-state index contributed by atoms with van der Waals surface area (Å²) in [7, 11) is 0. The lowest BCUT2D eigenvalue weighted by Gasteiger charge is -2.12. The van der Waals surface area contributed by atoms with E-state index in [0.29, 0.717) is 16.9 Å². The second-order valence-electron chi connectivity index (χ2n) is 5.91. The molecule has 0 radical (unpaired) electrons. The molecule has 1 N–H and O–H groups in total. The molecular formula is C17H14F4N4O2S. The van der Waals surface area contributed by atoms with Gasteiger partial charge in [0.2, 0.25) is 5.91 Å². The number of amides is 1. The maximum absolute atomic E-state index is 12.9. The summed E-state index contributed by atoms with van der Waals surface area (Å²) in [5, 5.41) is -0.274. The number of benzene rings is 1. The molecule has 0 fully saturated rings. The van der Waals surface area contributed by atoms with Crippen LogP contribution in [0.5, 0.6) is 0 Å². The number of nitrogens with one attached hydrogen (secondary N) is 1. The topological polar surface area (TPSA) is 76.9 Å². The van der Waals surface area contributed by atoms with Crippen LogP contribution >= 0.6 is 11.3 Å². The van der Waals surface area contributed by atoms with E-state index in [9.17, 15) is 27.2 Å². The number of nitrogens with zero attached hydrogens (tertiary/aromatic N) is 3. The highest BCUT2D eigenvalue weighted by atomic mass is 32.1. The van der Waals surface area contributed by atoms with Crippen LogP contribution in [0.1, 0.15) is 23.3 Å². The van der Waals surface area contributed by atoms with Crippen molar-refractivity contribution in [3.05, 3.63) is 56.8 Å². The molecular weight excluding hydrogens is 400 g/mol. The summed E-state index contributed by atoms with van der Waals surface area (Å²) >= 11 is 0.696. The molecule has 0 atom stereocenters. The highest BCUT2D eigenvalue weighted by Gasteiger charge is 2.30. The first-order valence-corrected chi connectivity index (χ1v) is 9.00. The van der Waals surface area contributed by atoms with Crippen LogP contribution in [0.2, 0.25) is 0 Å². The van der Waals surface area contributed by atoms with Crippen LogP contribution in [-0.4, -0.2) is 26.7 Å². The molecule has 2 heterocycles. The Morgan fingerprint density at radius 3 is 2.50 bits per heavy atom. The molecule has 6 nitrogen and oxygen atoms in total. The lowest BCUT2D eigenvalue weighted by molar-refractivity contribution is -0.127. The van der Waals surface area contributed by atoms with E-state index >= 15 is 0 Å². The molecule has 3 rings (SSSR count). The number of aryl methyl sites for hydroxylation is 1. The number of hydrogen-bond acceptors (Lipinski definition) is 5. The Morgan fingerprint density at radius 2 is 1.89 bits per heavy atom. The van der Waals surface area contributed by atoms with Gasteiger partial charge >= 0.3 is 6.18 Å². The van der Waals surface area contributed by atoms with Crippen molar-refractivity contribution in [1.29, 1.82) is 0 Å². The SMILES string of the molecule is CCc1nc2sc(CC(F)(F)F)nc2c(=O)n1NC(=O)Cc1ccc(F)cc1. The number of aromatic nitrogens is 3. The second kappa shape index (κ2) is 7.66. The normalized spacial score (nSPS) is 11.8. The van der Waals surface area contributed by atoms with Gasteiger partial charge in [0.25, 0.3) is 5.56 Å². The van der Waals surface area contributed by atoms with Crippen LogP contribution in [-0.2, 0) is 24.1 Å². The summed E-state index contributed by atoms with van der Waals surface area (Å²) in [6.07, 6.45) is -5.57. The number of carbonyl (C=O) groups is 1. The van der Waals surface area contributed by atoms with Crippen LogP contribution in [0.4, 0.5) is 17.6 Å². The monoisotopic (exact) mass is 414 g/mol. The fourth-order valence-electron chi connectivity index (χ4n) is 2.51. The molecule has 1 aromatic carbocycles. The molecule has 0 aliphatic carbocycles. The van der Waals surface area contributed by atoms with E-state index in [0.717, 1.165) is 4.68 Å². The van der Waals surface area contributed by atoms with Crippen LogP contribution in [0.15, 0.2) is 29.1 Å². The van der Waals surface area contributed by atoms with Crippen molar-refractivity contribution >= 4 is 27.6 Å². The quantitative estimate of drug-likeness (QED) is 0.652. The van der Waals surface area contributed by atoms with Gasteiger partial charge in [-0.3, -0.25) is 15.0 Å². The minimum Gasteiger partial charge on any atom is -0.273 e. The third-order valence-corrected chi connectivity index (χ3v) is 4.68. The molecule has 0 saturated heterocycles. The first-order valence-electron chi connectivity index (χ1n) is 8.18. The third-order valence-electron chi connectivity index (χ3n) is 3.73. The largest absolute Gasteiger partial charge is 0.395 e. The predicted molar refractivity (Wildman–Crippen MR) is 95.3 cm³/mol. The Hall–Kier alpha value is -2.82. The summed E-state index contributed by atoms with van der Waals surface area (Å²) in [5.74, 6) is -0.816. The number of fused-ring (bicyclic) bond motifs is 1. The Morgan fingerprint density at radius 1 is 1.21 bits per heavy atom. The van der Waals surface area contributed by atoms with Crippen molar-refractivity contribution in [2.45, 2.75) is 32.4 Å². The summed E-state index contributed by atoms with van der Waals surface area (Å²) in [6, 6.07) is 5.28. The van der Waals surface area contributed by atoms with Gasteiger partial charge in [-0.1, -0.05) is 30.4 Å². The Kier molecular flexibility index (Phi) is 5.45. The van der Waals surface area contributed by atoms with Gasteiger partial charge in [0.05, 0.1) is 12.8 Å². The van der Waals surface area contributed by atoms with Gasteiger partial charge in [-0.25, -0.2) is 19.0 Å². The highest BCUT2D eigenvalue weighted by molar-refractivity contribution is 7.18. The van der Waals surface area contributed by atoms with Crippen molar-refractivity contribution in [1.82, 2.24) is 14.6 Å². The Labute approximate surface area is 159 Å². The van der Waals surface area contributed by atoms with E-state index in [-0.39, 0.29) is 34.0 Å². The van der Waals surface area contributed by atoms with Gasteiger partial charge < -0.3 is 0 Å². The molecule has 0 bridgehead atoms. The molecule has 11 heteroatoms. The number of alkyl halides is 3. The number of rotatable bonds is 5. The van der Waals surface area contributed by atoms with Gasteiger partial charge in [-0.05, 0) is 17.7 Å². The van der Waals surface area contributed by atoms with Crippen molar-refractivity contribution in [3.63, 3.8) is 0 Å². The van der Waals surface area contributed by atoms with Crippen molar-refractivity contribution < 1.29 is 22.4 Å². The fourth-order valence-corrected chi connectivity index (χ4v) is 3.49. The van der Waals surface area contributed by atoms with Crippen LogP contribution in [0, 0.1) is 5.82 Å². The lowest BCUT2D eigenvalue weighted by atomic mass is 10.1. The molecule has 0 unspecified atom stereocenters. The first kappa shape index (κ1) is 19.9. The van der Waals surface area contributed by atoms with E-state index in [4.69, 9.17) is 0 Å². The minimum absolute atomic E-state index is 0.0881. The zero-order valence-electron chi connectivity index (χ0n) is 14.5. The van der Waals surface area contributed by atoms with Crippen molar-refractivity contribution in [2.75, 3.05) is 5.43 Å². The van der Waals surface area contributed by atoms with Crippen LogP contribution in [0.25, 0.3) is 10.3 Å². The van der Waals surface area contributed by atoms with E-state index in [2.05, 4.69) is 15.4 Å². The molecule has 0 saturated carbocycles. The van der Waals surface area contributed by atoms with Gasteiger partial charge in [0, 0.05) is 6.42 Å². The molecule has 0 spiro atoms. The average molecular weight is 414 g/mol. The van der Waals surface area contributed by atoms with E-state index < -0.39 is 29.9 Å². The molecule has 1 amide bonds. The molecule has 0 aliphatic rings. The van der Waals surface area contributed by atoms with Crippen molar-refractivity contribution in [3.8, 4) is 0 Å². The van der Waals surface area contributed by atoms with Gasteiger partial charge in [0.1, 0.15) is 16.6 Å². The molecule has 148 valence electrons. The molecule has 28 heavy (non-hydrogen) atoms. The third kappa shape index (κ3) is 4.53. The van der Waals surface area contributed by atoms with E-state index in [1.54, 1.807) is 6.92 Å². The maximum atomic E-state index is 12.9. The maximum Gasteiger partial charge on any atom is 0.395 e.